The molecule has 0 atom stereocenters. The molecule has 1 saturated carbocycles. The van der Waals surface area contributed by atoms with Crippen LogP contribution >= 0.6 is 18.0 Å². The highest BCUT2D eigenvalue weighted by Gasteiger charge is 2.47. The lowest BCUT2D eigenvalue weighted by atomic mass is 9.89. The van der Waals surface area contributed by atoms with Gasteiger partial charge in [-0.3, -0.25) is 9.36 Å². The van der Waals surface area contributed by atoms with Crippen LogP contribution in [-0.2, 0) is 18.8 Å². The minimum atomic E-state index is -3.71. The smallest absolute Gasteiger partial charge is 0.417 e. The van der Waals surface area contributed by atoms with E-state index in [0.29, 0.717) is 0 Å². The Balaban J connectivity index is 0.000000198. The van der Waals surface area contributed by atoms with Crippen molar-refractivity contribution in [3.8, 4) is 0 Å². The van der Waals surface area contributed by atoms with Gasteiger partial charge < -0.3 is 15.2 Å². The fraction of sp³-hybridized carbons (Fsp3) is 0.769. The number of nitrogens with zero attached hydrogens (tertiary/aromatic N) is 2. The van der Waals surface area contributed by atoms with Gasteiger partial charge in [-0.05, 0) is 24.1 Å². The molecule has 3 amide bonds. The summed E-state index contributed by atoms with van der Waals surface area (Å²) in [6.07, 6.45) is 4.16. The molecule has 3 aliphatic rings. The van der Waals surface area contributed by atoms with Gasteiger partial charge in [0.25, 0.3) is 0 Å². The number of amides is 3. The third-order valence-corrected chi connectivity index (χ3v) is 7.09. The van der Waals surface area contributed by atoms with Crippen molar-refractivity contribution in [2.75, 3.05) is 26.3 Å². The summed E-state index contributed by atoms with van der Waals surface area (Å²) in [6, 6.07) is 0. The third-order valence-electron chi connectivity index (χ3n) is 4.08. The summed E-state index contributed by atoms with van der Waals surface area (Å²) in [5.74, 6) is 0.0912. The number of primary amides is 1. The molecule has 24 heavy (non-hydrogen) atoms. The largest absolute Gasteiger partial charge is 0.447 e. The number of ether oxygens (including phenoxy) is 2. The van der Waals surface area contributed by atoms with Crippen LogP contribution in [0.1, 0.15) is 32.1 Å². The molecule has 0 bridgehead atoms. The highest BCUT2D eigenvalue weighted by Crippen LogP contribution is 2.60. The lowest BCUT2D eigenvalue weighted by Gasteiger charge is -2.25. The zero-order valence-corrected chi connectivity index (χ0v) is 14.8. The van der Waals surface area contributed by atoms with Crippen LogP contribution in [0.15, 0.2) is 0 Å². The maximum Gasteiger partial charge on any atom is 0.417 e. The molecule has 0 aromatic carbocycles. The molecular formula is C13H21ClN3O6P. The van der Waals surface area contributed by atoms with E-state index in [4.69, 9.17) is 17.0 Å². The maximum atomic E-state index is 12.1. The van der Waals surface area contributed by atoms with E-state index in [-0.39, 0.29) is 38.1 Å². The van der Waals surface area contributed by atoms with Gasteiger partial charge in [-0.1, -0.05) is 19.3 Å². The molecule has 0 unspecified atom stereocenters. The van der Waals surface area contributed by atoms with E-state index in [2.05, 4.69) is 9.47 Å². The average molecular weight is 382 g/mol. The minimum absolute atomic E-state index is 0.102. The Hall–Kier alpha value is -1.47. The van der Waals surface area contributed by atoms with Gasteiger partial charge in [-0.25, -0.2) is 18.9 Å². The first-order valence-electron chi connectivity index (χ1n) is 7.82. The minimum Gasteiger partial charge on any atom is -0.447 e. The monoisotopic (exact) mass is 381 g/mol. The van der Waals surface area contributed by atoms with Crippen LogP contribution in [0.4, 0.5) is 9.59 Å². The molecule has 3 rings (SSSR count). The van der Waals surface area contributed by atoms with Crippen LogP contribution in [0.2, 0.25) is 0 Å². The van der Waals surface area contributed by atoms with Gasteiger partial charge in [0, 0.05) is 5.92 Å². The van der Waals surface area contributed by atoms with Gasteiger partial charge in [-0.2, -0.15) is 0 Å². The molecule has 0 spiro atoms. The maximum absolute atomic E-state index is 12.1. The van der Waals surface area contributed by atoms with Crippen LogP contribution in [0.5, 0.6) is 0 Å². The van der Waals surface area contributed by atoms with Crippen molar-refractivity contribution >= 4 is 36.1 Å². The van der Waals surface area contributed by atoms with Crippen molar-refractivity contribution in [1.29, 1.82) is 0 Å². The highest BCUT2D eigenvalue weighted by atomic mass is 35.7. The van der Waals surface area contributed by atoms with E-state index in [1.54, 1.807) is 0 Å². The SMILES string of the molecule is NC(=O)C1CCCCC1.O=C1OCCN1P(=O)(Cl)N1CCOC1=O. The molecule has 2 saturated heterocycles. The van der Waals surface area contributed by atoms with Gasteiger partial charge in [0.1, 0.15) is 13.2 Å². The van der Waals surface area contributed by atoms with Crippen molar-refractivity contribution in [2.24, 2.45) is 11.7 Å². The lowest BCUT2D eigenvalue weighted by Crippen LogP contribution is -2.30. The topological polar surface area (TPSA) is 119 Å². The van der Waals surface area contributed by atoms with E-state index in [1.807, 2.05) is 0 Å². The molecule has 2 N–H and O–H groups in total. The van der Waals surface area contributed by atoms with E-state index in [9.17, 15) is 18.9 Å². The number of cyclic esters (lactones) is 2. The number of nitrogens with two attached hydrogens (primary N) is 1. The second-order valence-corrected chi connectivity index (χ2v) is 8.92. The quantitative estimate of drug-likeness (QED) is 0.749. The Labute approximate surface area is 144 Å². The number of rotatable bonds is 3. The molecule has 0 aromatic heterocycles. The number of hydrogen-bond donors (Lipinski definition) is 1. The Bertz CT molecular complexity index is 524. The summed E-state index contributed by atoms with van der Waals surface area (Å²) in [4.78, 5) is 32.9. The molecule has 2 aliphatic heterocycles. The van der Waals surface area contributed by atoms with E-state index in [0.717, 1.165) is 22.2 Å². The van der Waals surface area contributed by atoms with Crippen LogP contribution in [0.3, 0.4) is 0 Å². The molecule has 2 heterocycles. The standard InChI is InChI=1S/C7H13NO.C6H8ClN2O5P/c8-7(9)6-4-2-1-3-5-6;7-15(12,8-1-3-13-5(8)10)9-2-4-14-6(9)11/h6H,1-5H2,(H2,8,9);1-4H2. The van der Waals surface area contributed by atoms with Crippen LogP contribution < -0.4 is 5.73 Å². The fourth-order valence-corrected chi connectivity index (χ4v) is 5.00. The molecule has 1 aliphatic carbocycles. The van der Waals surface area contributed by atoms with Gasteiger partial charge >= 0.3 is 19.0 Å². The average Bonchev–Trinajstić information content (AvgIpc) is 3.17. The summed E-state index contributed by atoms with van der Waals surface area (Å²) >= 11 is 5.74. The van der Waals surface area contributed by atoms with Crippen molar-refractivity contribution in [2.45, 2.75) is 32.1 Å². The van der Waals surface area contributed by atoms with E-state index >= 15 is 0 Å². The molecule has 11 heteroatoms. The van der Waals surface area contributed by atoms with Gasteiger partial charge in [0.05, 0.1) is 13.1 Å². The summed E-state index contributed by atoms with van der Waals surface area (Å²) < 4.78 is 23.0. The van der Waals surface area contributed by atoms with E-state index in [1.165, 1.54) is 19.3 Å². The predicted molar refractivity (Wildman–Crippen MR) is 85.3 cm³/mol. The second kappa shape index (κ2) is 8.07. The Morgan fingerprint density at radius 1 is 1.04 bits per heavy atom. The number of carbonyl (C=O) groups excluding carboxylic acids is 3. The molecule has 0 radical (unpaired) electrons. The predicted octanol–water partition coefficient (Wildman–Crippen LogP) is 2.29. The third kappa shape index (κ3) is 4.33. The first-order chi connectivity index (χ1) is 11.3. The van der Waals surface area contributed by atoms with E-state index < -0.39 is 19.0 Å². The Morgan fingerprint density at radius 2 is 1.50 bits per heavy atom. The van der Waals surface area contributed by atoms with Crippen molar-refractivity contribution < 1.29 is 28.4 Å². The second-order valence-electron chi connectivity index (χ2n) is 5.69. The van der Waals surface area contributed by atoms with Crippen molar-refractivity contribution in [3.05, 3.63) is 0 Å². The molecule has 0 aromatic rings. The normalized spacial score (nSPS) is 21.9. The first kappa shape index (κ1) is 18.9. The van der Waals surface area contributed by atoms with Crippen LogP contribution in [0, 0.1) is 5.92 Å². The molecule has 136 valence electrons. The van der Waals surface area contributed by atoms with Crippen molar-refractivity contribution in [1.82, 2.24) is 9.34 Å². The summed E-state index contributed by atoms with van der Waals surface area (Å²) in [7, 11) is 0. The number of halogens is 1. The number of carbonyl (C=O) groups is 3. The summed E-state index contributed by atoms with van der Waals surface area (Å²) in [5, 5.41) is 0. The van der Waals surface area contributed by atoms with Gasteiger partial charge in [0.2, 0.25) is 5.91 Å². The Morgan fingerprint density at radius 3 is 1.79 bits per heavy atom. The highest BCUT2D eigenvalue weighted by molar-refractivity contribution is 7.86. The molecule has 3 fully saturated rings. The van der Waals surface area contributed by atoms with Gasteiger partial charge in [-0.15, -0.1) is 0 Å². The number of hydrogen-bond acceptors (Lipinski definition) is 6. The van der Waals surface area contributed by atoms with Crippen LogP contribution in [0.25, 0.3) is 0 Å². The molecular weight excluding hydrogens is 361 g/mol. The zero-order valence-electron chi connectivity index (χ0n) is 13.2. The van der Waals surface area contributed by atoms with Gasteiger partial charge in [0.15, 0.2) is 0 Å². The fourth-order valence-electron chi connectivity index (χ4n) is 2.74. The molecule has 9 nitrogen and oxygen atoms in total. The Kier molecular flexibility index (Phi) is 6.34. The summed E-state index contributed by atoms with van der Waals surface area (Å²) in [5.41, 5.74) is 5.13. The van der Waals surface area contributed by atoms with Crippen LogP contribution in [-0.4, -0.2) is 53.7 Å². The lowest BCUT2D eigenvalue weighted by molar-refractivity contribution is -0.122. The summed E-state index contributed by atoms with van der Waals surface area (Å²) in [6.45, 7) is -3.23. The zero-order chi connectivity index (χ0) is 17.7. The van der Waals surface area contributed by atoms with Crippen molar-refractivity contribution in [3.63, 3.8) is 0 Å². The first-order valence-corrected chi connectivity index (χ1v) is 10.3.